The zero-order valence-corrected chi connectivity index (χ0v) is 16.0. The van der Waals surface area contributed by atoms with Gasteiger partial charge in [-0.2, -0.15) is 0 Å². The summed E-state index contributed by atoms with van der Waals surface area (Å²) in [6.07, 6.45) is 2.80. The SMILES string of the molecule is C=CCN1C(=O)[C@]2(c3ccccc31)[C@@H](O)CC[C@H](C=O)[C@@H]2c1ccc(C)cc1. The number of aliphatic hydroxyl groups is 1. The smallest absolute Gasteiger partial charge is 0.241 e. The zero-order chi connectivity index (χ0) is 19.9. The second-order valence-corrected chi connectivity index (χ2v) is 7.87. The fourth-order valence-electron chi connectivity index (χ4n) is 5.16. The van der Waals surface area contributed by atoms with Gasteiger partial charge < -0.3 is 14.8 Å². The third-order valence-corrected chi connectivity index (χ3v) is 6.38. The van der Waals surface area contributed by atoms with Gasteiger partial charge in [0.1, 0.15) is 11.7 Å². The minimum absolute atomic E-state index is 0.141. The maximum Gasteiger partial charge on any atom is 0.241 e. The molecule has 2 aliphatic rings. The normalized spacial score (nSPS) is 29.0. The van der Waals surface area contributed by atoms with Crippen molar-refractivity contribution in [2.24, 2.45) is 5.92 Å². The minimum Gasteiger partial charge on any atom is -0.392 e. The molecule has 1 N–H and O–H groups in total. The highest BCUT2D eigenvalue weighted by molar-refractivity contribution is 6.10. The van der Waals surface area contributed by atoms with Gasteiger partial charge in [-0.3, -0.25) is 4.79 Å². The van der Waals surface area contributed by atoms with Crippen molar-refractivity contribution in [3.63, 3.8) is 0 Å². The van der Waals surface area contributed by atoms with E-state index in [-0.39, 0.29) is 11.8 Å². The molecular formula is C24H25NO3. The van der Waals surface area contributed by atoms with Crippen LogP contribution in [0.3, 0.4) is 0 Å². The maximum absolute atomic E-state index is 13.9. The third-order valence-electron chi connectivity index (χ3n) is 6.38. The van der Waals surface area contributed by atoms with Crippen LogP contribution in [0.2, 0.25) is 0 Å². The molecule has 0 bridgehead atoms. The summed E-state index contributed by atoms with van der Waals surface area (Å²) in [5.41, 5.74) is 2.49. The van der Waals surface area contributed by atoms with Crippen LogP contribution in [-0.4, -0.2) is 29.9 Å². The minimum atomic E-state index is -1.15. The molecule has 2 aromatic rings. The number of fused-ring (bicyclic) bond motifs is 2. The zero-order valence-electron chi connectivity index (χ0n) is 16.0. The molecule has 4 rings (SSSR count). The fraction of sp³-hybridized carbons (Fsp3) is 0.333. The first-order valence-corrected chi connectivity index (χ1v) is 9.78. The molecule has 1 saturated carbocycles. The van der Waals surface area contributed by atoms with Gasteiger partial charge in [0.05, 0.1) is 6.10 Å². The maximum atomic E-state index is 13.9. The van der Waals surface area contributed by atoms with Gasteiger partial charge in [-0.25, -0.2) is 0 Å². The van der Waals surface area contributed by atoms with Crippen molar-refractivity contribution in [2.45, 2.75) is 37.2 Å². The largest absolute Gasteiger partial charge is 0.392 e. The highest BCUT2D eigenvalue weighted by Gasteiger charge is 2.63. The van der Waals surface area contributed by atoms with Gasteiger partial charge in [-0.1, -0.05) is 54.1 Å². The van der Waals surface area contributed by atoms with Crippen molar-refractivity contribution in [1.29, 1.82) is 0 Å². The van der Waals surface area contributed by atoms with E-state index >= 15 is 0 Å². The van der Waals surface area contributed by atoms with Crippen LogP contribution in [0.25, 0.3) is 0 Å². The lowest BCUT2D eigenvalue weighted by molar-refractivity contribution is -0.133. The highest BCUT2D eigenvalue weighted by atomic mass is 16.3. The molecule has 4 heteroatoms. The average molecular weight is 375 g/mol. The van der Waals surface area contributed by atoms with E-state index in [1.54, 1.807) is 11.0 Å². The Hall–Kier alpha value is -2.72. The Balaban J connectivity index is 1.99. The summed E-state index contributed by atoms with van der Waals surface area (Å²) in [5, 5.41) is 11.3. The highest BCUT2D eigenvalue weighted by Crippen LogP contribution is 2.57. The van der Waals surface area contributed by atoms with E-state index in [2.05, 4.69) is 6.58 Å². The van der Waals surface area contributed by atoms with Gasteiger partial charge in [0.25, 0.3) is 0 Å². The number of hydrogen-bond acceptors (Lipinski definition) is 3. The molecule has 1 aliphatic heterocycles. The van der Waals surface area contributed by atoms with E-state index in [9.17, 15) is 14.7 Å². The first-order chi connectivity index (χ1) is 13.6. The van der Waals surface area contributed by atoms with Gasteiger partial charge >= 0.3 is 0 Å². The lowest BCUT2D eigenvalue weighted by Crippen LogP contribution is -2.57. The van der Waals surface area contributed by atoms with Crippen molar-refractivity contribution in [2.75, 3.05) is 11.4 Å². The van der Waals surface area contributed by atoms with Crippen molar-refractivity contribution in [1.82, 2.24) is 0 Å². The van der Waals surface area contributed by atoms with E-state index in [0.29, 0.717) is 19.4 Å². The Kier molecular flexibility index (Phi) is 4.68. The van der Waals surface area contributed by atoms with E-state index < -0.39 is 17.4 Å². The van der Waals surface area contributed by atoms with Crippen molar-refractivity contribution >= 4 is 17.9 Å². The van der Waals surface area contributed by atoms with Crippen LogP contribution in [0.5, 0.6) is 0 Å². The number of aliphatic hydroxyl groups excluding tert-OH is 1. The monoisotopic (exact) mass is 375 g/mol. The summed E-state index contributed by atoms with van der Waals surface area (Å²) in [4.78, 5) is 27.6. The predicted molar refractivity (Wildman–Crippen MR) is 109 cm³/mol. The number of rotatable bonds is 4. The van der Waals surface area contributed by atoms with Gasteiger partial charge in [0.2, 0.25) is 5.91 Å². The summed E-state index contributed by atoms with van der Waals surface area (Å²) < 4.78 is 0. The topological polar surface area (TPSA) is 57.6 Å². The Labute approximate surface area is 165 Å². The van der Waals surface area contributed by atoms with E-state index in [1.165, 1.54) is 0 Å². The van der Waals surface area contributed by atoms with E-state index in [0.717, 1.165) is 28.7 Å². The number of aldehydes is 1. The van der Waals surface area contributed by atoms with Gasteiger partial charge in [-0.05, 0) is 37.0 Å². The summed E-state index contributed by atoms with van der Waals surface area (Å²) in [6.45, 7) is 6.17. The summed E-state index contributed by atoms with van der Waals surface area (Å²) in [5.74, 6) is -0.872. The molecule has 144 valence electrons. The van der Waals surface area contributed by atoms with Crippen LogP contribution >= 0.6 is 0 Å². The molecule has 0 aromatic heterocycles. The molecule has 1 spiro atoms. The lowest BCUT2D eigenvalue weighted by atomic mass is 9.56. The molecule has 0 radical (unpaired) electrons. The molecule has 2 aromatic carbocycles. The molecule has 28 heavy (non-hydrogen) atoms. The number of nitrogens with zero attached hydrogens (tertiary/aromatic N) is 1. The molecule has 0 unspecified atom stereocenters. The van der Waals surface area contributed by atoms with Gasteiger partial charge in [0, 0.05) is 24.1 Å². The molecule has 0 saturated heterocycles. The number of benzene rings is 2. The average Bonchev–Trinajstić information content (AvgIpc) is 2.95. The summed E-state index contributed by atoms with van der Waals surface area (Å²) in [7, 11) is 0. The molecule has 1 heterocycles. The number of anilines is 1. The predicted octanol–water partition coefficient (Wildman–Crippen LogP) is 3.52. The van der Waals surface area contributed by atoms with Crippen LogP contribution < -0.4 is 4.90 Å². The lowest BCUT2D eigenvalue weighted by Gasteiger charge is -2.47. The van der Waals surface area contributed by atoms with Crippen LogP contribution in [0.1, 0.15) is 35.4 Å². The second kappa shape index (κ2) is 7.02. The number of amides is 1. The molecular weight excluding hydrogens is 350 g/mol. The van der Waals surface area contributed by atoms with E-state index in [4.69, 9.17) is 0 Å². The number of carbonyl (C=O) groups excluding carboxylic acids is 2. The first-order valence-electron chi connectivity index (χ1n) is 9.78. The number of aryl methyl sites for hydroxylation is 1. The van der Waals surface area contributed by atoms with Gasteiger partial charge in [-0.15, -0.1) is 6.58 Å². The Bertz CT molecular complexity index is 920. The van der Waals surface area contributed by atoms with Crippen LogP contribution in [0.15, 0.2) is 61.2 Å². The van der Waals surface area contributed by atoms with Crippen LogP contribution in [0.4, 0.5) is 5.69 Å². The molecule has 1 fully saturated rings. The number of carbonyl (C=O) groups is 2. The fourth-order valence-corrected chi connectivity index (χ4v) is 5.16. The summed E-state index contributed by atoms with van der Waals surface area (Å²) >= 11 is 0. The summed E-state index contributed by atoms with van der Waals surface area (Å²) in [6, 6.07) is 15.6. The second-order valence-electron chi connectivity index (χ2n) is 7.87. The molecule has 1 aliphatic carbocycles. The third kappa shape index (κ3) is 2.48. The number of para-hydroxylation sites is 1. The van der Waals surface area contributed by atoms with Crippen molar-refractivity contribution in [3.8, 4) is 0 Å². The Morgan fingerprint density at radius 1 is 1.18 bits per heavy atom. The molecule has 4 nitrogen and oxygen atoms in total. The molecule has 4 atom stereocenters. The van der Waals surface area contributed by atoms with Gasteiger partial charge in [0.15, 0.2) is 0 Å². The molecule has 1 amide bonds. The van der Waals surface area contributed by atoms with Crippen LogP contribution in [0, 0.1) is 12.8 Å². The number of hydrogen-bond donors (Lipinski definition) is 1. The van der Waals surface area contributed by atoms with Crippen molar-refractivity contribution in [3.05, 3.63) is 77.9 Å². The Morgan fingerprint density at radius 3 is 2.57 bits per heavy atom. The Morgan fingerprint density at radius 2 is 1.89 bits per heavy atom. The standard InChI is InChI=1S/C24H25NO3/c1-3-14-25-20-7-5-4-6-19(20)24(23(25)28)21(27)13-12-18(15-26)22(24)17-10-8-16(2)9-11-17/h3-11,15,18,21-22,27H,1,12-14H2,2H3/t18-,21+,22+,24-/m1/s1. The van der Waals surface area contributed by atoms with Crippen LogP contribution in [-0.2, 0) is 15.0 Å². The van der Waals surface area contributed by atoms with Crippen molar-refractivity contribution < 1.29 is 14.7 Å². The quantitative estimate of drug-likeness (QED) is 0.657. The van der Waals surface area contributed by atoms with E-state index in [1.807, 2.05) is 55.5 Å². The first kappa shape index (κ1) is 18.6.